The van der Waals surface area contributed by atoms with Gasteiger partial charge in [-0.2, -0.15) is 0 Å². The molecule has 1 aromatic rings. The van der Waals surface area contributed by atoms with Crippen molar-refractivity contribution in [1.82, 2.24) is 4.98 Å². The molecule has 0 spiro atoms. The maximum Gasteiger partial charge on any atom is 0.0561 e. The summed E-state index contributed by atoms with van der Waals surface area (Å²) >= 11 is 0. The molecule has 4 bridgehead atoms. The molecule has 5 rings (SSSR count). The van der Waals surface area contributed by atoms with Gasteiger partial charge >= 0.3 is 0 Å². The zero-order valence-corrected chi connectivity index (χ0v) is 10.2. The van der Waals surface area contributed by atoms with Crippen molar-refractivity contribution in [3.05, 3.63) is 24.0 Å². The Hall–Kier alpha value is -1.05. The molecular weight excluding hydrogens is 208 g/mol. The molecule has 0 atom stereocenters. The minimum absolute atomic E-state index is 0.631. The summed E-state index contributed by atoms with van der Waals surface area (Å²) < 4.78 is 0. The van der Waals surface area contributed by atoms with Crippen LogP contribution >= 0.6 is 0 Å². The fourth-order valence-corrected chi connectivity index (χ4v) is 4.73. The summed E-state index contributed by atoms with van der Waals surface area (Å²) in [7, 11) is 0. The Labute approximate surface area is 103 Å². The van der Waals surface area contributed by atoms with Crippen LogP contribution in [0.5, 0.6) is 0 Å². The highest BCUT2D eigenvalue weighted by molar-refractivity contribution is 5.77. The average molecular weight is 228 g/mol. The highest BCUT2D eigenvalue weighted by atomic mass is 14.8. The van der Waals surface area contributed by atoms with Crippen LogP contribution in [0.25, 0.3) is 0 Å². The van der Waals surface area contributed by atoms with Crippen LogP contribution in [0.4, 0.5) is 0 Å². The zero-order valence-electron chi connectivity index (χ0n) is 10.2. The number of H-pyrrole nitrogens is 1. The van der Waals surface area contributed by atoms with Gasteiger partial charge in [0.15, 0.2) is 0 Å². The largest absolute Gasteiger partial charge is 0.360 e. The van der Waals surface area contributed by atoms with Crippen LogP contribution in [0.2, 0.25) is 0 Å². The van der Waals surface area contributed by atoms with Crippen LogP contribution in [0.1, 0.15) is 37.8 Å². The minimum Gasteiger partial charge on any atom is -0.360 e. The highest BCUT2D eigenvalue weighted by Crippen LogP contribution is 2.54. The summed E-state index contributed by atoms with van der Waals surface area (Å²) in [6, 6.07) is 4.77. The summed E-state index contributed by atoms with van der Waals surface area (Å²) in [5, 5.41) is 0. The van der Waals surface area contributed by atoms with Crippen molar-refractivity contribution in [2.75, 3.05) is 0 Å². The Morgan fingerprint density at radius 1 is 1.06 bits per heavy atom. The Bertz CT molecular complexity index is 390. The highest BCUT2D eigenvalue weighted by Gasteiger charge is 2.47. The van der Waals surface area contributed by atoms with Crippen LogP contribution in [-0.2, 0) is 0 Å². The molecule has 0 unspecified atom stereocenters. The van der Waals surface area contributed by atoms with Gasteiger partial charge in [0, 0.05) is 12.4 Å². The third-order valence-electron chi connectivity index (χ3n) is 5.18. The van der Waals surface area contributed by atoms with Crippen LogP contribution in [0.15, 0.2) is 23.3 Å². The number of aromatic nitrogens is 1. The molecule has 4 aliphatic carbocycles. The zero-order chi connectivity index (χ0) is 11.2. The number of hydrogen-bond donors (Lipinski definition) is 1. The number of hydrogen-bond acceptors (Lipinski definition) is 1. The first kappa shape index (κ1) is 9.93. The van der Waals surface area contributed by atoms with E-state index in [9.17, 15) is 0 Å². The predicted molar refractivity (Wildman–Crippen MR) is 69.2 cm³/mol. The van der Waals surface area contributed by atoms with E-state index in [1.165, 1.54) is 32.1 Å². The SMILES string of the molecule is C(=NC1C2CC3CC(C2)CC1C3)c1ccc[nH]1. The van der Waals surface area contributed by atoms with Gasteiger partial charge in [-0.3, -0.25) is 4.99 Å². The van der Waals surface area contributed by atoms with E-state index in [1.54, 1.807) is 0 Å². The topological polar surface area (TPSA) is 28.1 Å². The quantitative estimate of drug-likeness (QED) is 0.753. The minimum atomic E-state index is 0.631. The molecule has 1 heterocycles. The van der Waals surface area contributed by atoms with E-state index in [4.69, 9.17) is 4.99 Å². The maximum absolute atomic E-state index is 4.91. The smallest absolute Gasteiger partial charge is 0.0561 e. The molecule has 0 saturated heterocycles. The van der Waals surface area contributed by atoms with E-state index in [0.717, 1.165) is 29.4 Å². The third-order valence-corrected chi connectivity index (χ3v) is 5.18. The van der Waals surface area contributed by atoms with Crippen LogP contribution in [0.3, 0.4) is 0 Å². The van der Waals surface area contributed by atoms with E-state index in [-0.39, 0.29) is 0 Å². The van der Waals surface area contributed by atoms with Crippen LogP contribution < -0.4 is 0 Å². The molecule has 0 amide bonds. The lowest BCUT2D eigenvalue weighted by Gasteiger charge is -2.53. The van der Waals surface area contributed by atoms with Crippen molar-refractivity contribution in [3.8, 4) is 0 Å². The second kappa shape index (κ2) is 3.72. The molecule has 0 aliphatic heterocycles. The second-order valence-corrected chi connectivity index (χ2v) is 6.32. The van der Waals surface area contributed by atoms with Gasteiger partial charge in [-0.05, 0) is 67.9 Å². The van der Waals surface area contributed by atoms with Crippen molar-refractivity contribution in [2.24, 2.45) is 28.7 Å². The van der Waals surface area contributed by atoms with Crippen molar-refractivity contribution in [3.63, 3.8) is 0 Å². The molecule has 2 heteroatoms. The molecule has 0 aromatic carbocycles. The van der Waals surface area contributed by atoms with Gasteiger partial charge in [0.05, 0.1) is 11.7 Å². The summed E-state index contributed by atoms with van der Waals surface area (Å²) in [5.41, 5.74) is 1.15. The first-order valence-corrected chi connectivity index (χ1v) is 7.05. The van der Waals surface area contributed by atoms with Gasteiger partial charge < -0.3 is 4.98 Å². The first-order valence-electron chi connectivity index (χ1n) is 7.05. The summed E-state index contributed by atoms with van der Waals surface area (Å²) in [5.74, 6) is 3.90. The molecule has 0 radical (unpaired) electrons. The summed E-state index contributed by atoms with van der Waals surface area (Å²) in [4.78, 5) is 8.12. The van der Waals surface area contributed by atoms with Crippen molar-refractivity contribution in [1.29, 1.82) is 0 Å². The van der Waals surface area contributed by atoms with E-state index in [1.807, 2.05) is 12.3 Å². The predicted octanol–water partition coefficient (Wildman–Crippen LogP) is 3.26. The molecule has 90 valence electrons. The molecular formula is C15H20N2. The second-order valence-electron chi connectivity index (χ2n) is 6.32. The van der Waals surface area contributed by atoms with Gasteiger partial charge in [-0.15, -0.1) is 0 Å². The monoisotopic (exact) mass is 228 g/mol. The average Bonchev–Trinajstić information content (AvgIpc) is 2.80. The van der Waals surface area contributed by atoms with E-state index in [2.05, 4.69) is 17.3 Å². The number of rotatable bonds is 2. The normalized spacial score (nSPS) is 43.6. The lowest BCUT2D eigenvalue weighted by Crippen LogP contribution is -2.47. The van der Waals surface area contributed by atoms with Gasteiger partial charge in [-0.1, -0.05) is 0 Å². The van der Waals surface area contributed by atoms with Crippen LogP contribution in [-0.4, -0.2) is 17.2 Å². The lowest BCUT2D eigenvalue weighted by atomic mass is 9.54. The van der Waals surface area contributed by atoms with E-state index in [0.29, 0.717) is 6.04 Å². The molecule has 1 aromatic heterocycles. The molecule has 4 saturated carbocycles. The molecule has 17 heavy (non-hydrogen) atoms. The van der Waals surface area contributed by atoms with Crippen molar-refractivity contribution >= 4 is 6.21 Å². The lowest BCUT2D eigenvalue weighted by molar-refractivity contribution is 0.00146. The third kappa shape index (κ3) is 1.65. The maximum atomic E-state index is 4.91. The number of aromatic amines is 1. The van der Waals surface area contributed by atoms with Crippen LogP contribution in [0, 0.1) is 23.7 Å². The molecule has 4 aliphatic rings. The first-order chi connectivity index (χ1) is 8.38. The Balaban J connectivity index is 1.55. The van der Waals surface area contributed by atoms with Gasteiger partial charge in [-0.25, -0.2) is 0 Å². The Kier molecular flexibility index (Phi) is 2.17. The van der Waals surface area contributed by atoms with Crippen molar-refractivity contribution < 1.29 is 0 Å². The van der Waals surface area contributed by atoms with Gasteiger partial charge in [0.2, 0.25) is 0 Å². The molecule has 1 N–H and O–H groups in total. The van der Waals surface area contributed by atoms with Gasteiger partial charge in [0.1, 0.15) is 0 Å². The fraction of sp³-hybridized carbons (Fsp3) is 0.667. The summed E-state index contributed by atoms with van der Waals surface area (Å²) in [6.45, 7) is 0. The fourth-order valence-electron chi connectivity index (χ4n) is 4.73. The standard InChI is InChI=1S/C15H20N2/c1-2-14(16-3-1)9-17-15-12-5-10-4-11(7-12)8-13(15)6-10/h1-3,9-13,15-16H,4-8H2. The number of nitrogens with one attached hydrogen (secondary N) is 1. The summed E-state index contributed by atoms with van der Waals surface area (Å²) in [6.07, 6.45) is 11.4. The number of aliphatic imine (C=N–C) groups is 1. The molecule has 2 nitrogen and oxygen atoms in total. The van der Waals surface area contributed by atoms with Gasteiger partial charge in [0.25, 0.3) is 0 Å². The molecule has 4 fully saturated rings. The Morgan fingerprint density at radius 3 is 2.35 bits per heavy atom. The van der Waals surface area contributed by atoms with E-state index < -0.39 is 0 Å². The van der Waals surface area contributed by atoms with Crippen molar-refractivity contribution in [2.45, 2.75) is 38.1 Å². The number of nitrogens with zero attached hydrogens (tertiary/aromatic N) is 1. The van der Waals surface area contributed by atoms with E-state index >= 15 is 0 Å². The Morgan fingerprint density at radius 2 is 1.76 bits per heavy atom.